The standard InChI is InChI=1S/C12H19NO2/c1-3-10(2)14-8-9-15-12-6-4-11(13)5-7-12/h4-7,10H,3,8-9,13H2,1-2H3. The second-order valence-corrected chi connectivity index (χ2v) is 3.51. The van der Waals surface area contributed by atoms with Gasteiger partial charge >= 0.3 is 0 Å². The maximum absolute atomic E-state index is 5.56. The molecule has 3 heteroatoms. The van der Waals surface area contributed by atoms with Gasteiger partial charge in [0.15, 0.2) is 0 Å². The van der Waals surface area contributed by atoms with Gasteiger partial charge in [0.25, 0.3) is 0 Å². The van der Waals surface area contributed by atoms with Gasteiger partial charge in [0.1, 0.15) is 12.4 Å². The quantitative estimate of drug-likeness (QED) is 0.578. The van der Waals surface area contributed by atoms with Crippen molar-refractivity contribution < 1.29 is 9.47 Å². The maximum atomic E-state index is 5.56. The summed E-state index contributed by atoms with van der Waals surface area (Å²) >= 11 is 0. The van der Waals surface area contributed by atoms with E-state index in [4.69, 9.17) is 15.2 Å². The van der Waals surface area contributed by atoms with Gasteiger partial charge in [-0.2, -0.15) is 0 Å². The minimum absolute atomic E-state index is 0.306. The highest BCUT2D eigenvalue weighted by atomic mass is 16.5. The summed E-state index contributed by atoms with van der Waals surface area (Å²) in [5.74, 6) is 0.831. The Balaban J connectivity index is 2.17. The molecule has 0 aliphatic rings. The number of ether oxygens (including phenoxy) is 2. The summed E-state index contributed by atoms with van der Waals surface area (Å²) in [4.78, 5) is 0. The Hall–Kier alpha value is -1.22. The van der Waals surface area contributed by atoms with Crippen LogP contribution in [0.4, 0.5) is 5.69 Å². The van der Waals surface area contributed by atoms with Gasteiger partial charge in [-0.05, 0) is 37.6 Å². The molecule has 0 fully saturated rings. The van der Waals surface area contributed by atoms with E-state index < -0.39 is 0 Å². The zero-order valence-corrected chi connectivity index (χ0v) is 9.40. The van der Waals surface area contributed by atoms with E-state index in [0.717, 1.165) is 17.9 Å². The first-order valence-electron chi connectivity index (χ1n) is 5.32. The molecule has 0 amide bonds. The van der Waals surface area contributed by atoms with Crippen molar-refractivity contribution >= 4 is 5.69 Å². The molecule has 1 rings (SSSR count). The number of nitrogens with two attached hydrogens (primary N) is 1. The molecule has 1 unspecified atom stereocenters. The summed E-state index contributed by atoms with van der Waals surface area (Å²) in [7, 11) is 0. The van der Waals surface area contributed by atoms with Crippen molar-refractivity contribution in [3.63, 3.8) is 0 Å². The third kappa shape index (κ3) is 4.70. The first-order chi connectivity index (χ1) is 7.22. The van der Waals surface area contributed by atoms with E-state index in [9.17, 15) is 0 Å². The smallest absolute Gasteiger partial charge is 0.119 e. The molecule has 0 saturated carbocycles. The Morgan fingerprint density at radius 3 is 2.47 bits per heavy atom. The molecule has 15 heavy (non-hydrogen) atoms. The topological polar surface area (TPSA) is 44.5 Å². The predicted molar refractivity (Wildman–Crippen MR) is 62.1 cm³/mol. The molecule has 1 aromatic rings. The Morgan fingerprint density at radius 1 is 1.20 bits per heavy atom. The van der Waals surface area contributed by atoms with Crippen molar-refractivity contribution in [2.45, 2.75) is 26.4 Å². The molecule has 1 atom stereocenters. The van der Waals surface area contributed by atoms with Gasteiger partial charge in [-0.3, -0.25) is 0 Å². The van der Waals surface area contributed by atoms with Crippen LogP contribution in [0.5, 0.6) is 5.75 Å². The Morgan fingerprint density at radius 2 is 1.87 bits per heavy atom. The number of benzene rings is 1. The van der Waals surface area contributed by atoms with Crippen LogP contribution in [-0.4, -0.2) is 19.3 Å². The Bertz CT molecular complexity index is 271. The summed E-state index contributed by atoms with van der Waals surface area (Å²) in [5.41, 5.74) is 6.31. The average Bonchev–Trinajstić information content (AvgIpc) is 2.26. The molecule has 0 saturated heterocycles. The SMILES string of the molecule is CCC(C)OCCOc1ccc(N)cc1. The van der Waals surface area contributed by atoms with Crippen LogP contribution in [0.3, 0.4) is 0 Å². The summed E-state index contributed by atoms with van der Waals surface area (Å²) in [6, 6.07) is 7.37. The van der Waals surface area contributed by atoms with E-state index in [-0.39, 0.29) is 0 Å². The molecular weight excluding hydrogens is 190 g/mol. The fourth-order valence-corrected chi connectivity index (χ4v) is 1.09. The van der Waals surface area contributed by atoms with Gasteiger partial charge in [-0.1, -0.05) is 6.92 Å². The minimum Gasteiger partial charge on any atom is -0.491 e. The van der Waals surface area contributed by atoms with E-state index in [1.165, 1.54) is 0 Å². The van der Waals surface area contributed by atoms with Crippen molar-refractivity contribution in [3.8, 4) is 5.75 Å². The highest BCUT2D eigenvalue weighted by Gasteiger charge is 1.98. The van der Waals surface area contributed by atoms with Gasteiger partial charge in [0.05, 0.1) is 12.7 Å². The molecule has 84 valence electrons. The van der Waals surface area contributed by atoms with Crippen molar-refractivity contribution in [2.24, 2.45) is 0 Å². The van der Waals surface area contributed by atoms with Crippen LogP contribution < -0.4 is 10.5 Å². The lowest BCUT2D eigenvalue weighted by Gasteiger charge is -2.11. The number of hydrogen-bond donors (Lipinski definition) is 1. The lowest BCUT2D eigenvalue weighted by atomic mass is 10.3. The van der Waals surface area contributed by atoms with Crippen LogP contribution in [0.15, 0.2) is 24.3 Å². The number of nitrogen functional groups attached to an aromatic ring is 1. The summed E-state index contributed by atoms with van der Waals surface area (Å²) < 4.78 is 11.0. The first-order valence-corrected chi connectivity index (χ1v) is 5.32. The predicted octanol–water partition coefficient (Wildman–Crippen LogP) is 2.46. The van der Waals surface area contributed by atoms with Crippen LogP contribution in [0.1, 0.15) is 20.3 Å². The second kappa shape index (κ2) is 6.30. The molecule has 0 bridgehead atoms. The van der Waals surface area contributed by atoms with E-state index >= 15 is 0 Å². The van der Waals surface area contributed by atoms with Gasteiger partial charge < -0.3 is 15.2 Å². The van der Waals surface area contributed by atoms with Gasteiger partial charge in [0.2, 0.25) is 0 Å². The van der Waals surface area contributed by atoms with Crippen LogP contribution in [0.2, 0.25) is 0 Å². The summed E-state index contributed by atoms with van der Waals surface area (Å²) in [5, 5.41) is 0. The lowest BCUT2D eigenvalue weighted by Crippen LogP contribution is -2.13. The normalized spacial score (nSPS) is 12.4. The number of rotatable bonds is 6. The van der Waals surface area contributed by atoms with Gasteiger partial charge in [-0.15, -0.1) is 0 Å². The molecule has 0 aliphatic heterocycles. The summed E-state index contributed by atoms with van der Waals surface area (Å²) in [6.45, 7) is 5.36. The Labute approximate surface area is 91.2 Å². The first kappa shape index (κ1) is 11.9. The van der Waals surface area contributed by atoms with Crippen molar-refractivity contribution in [1.82, 2.24) is 0 Å². The molecule has 3 nitrogen and oxygen atoms in total. The number of hydrogen-bond acceptors (Lipinski definition) is 3. The van der Waals surface area contributed by atoms with Crippen molar-refractivity contribution in [2.75, 3.05) is 18.9 Å². The van der Waals surface area contributed by atoms with Crippen LogP contribution in [-0.2, 0) is 4.74 Å². The molecular formula is C12H19NO2. The fraction of sp³-hybridized carbons (Fsp3) is 0.500. The molecule has 1 aromatic carbocycles. The van der Waals surface area contributed by atoms with Crippen LogP contribution >= 0.6 is 0 Å². The van der Waals surface area contributed by atoms with Crippen LogP contribution in [0, 0.1) is 0 Å². The zero-order valence-electron chi connectivity index (χ0n) is 9.40. The van der Waals surface area contributed by atoms with E-state index in [0.29, 0.717) is 19.3 Å². The van der Waals surface area contributed by atoms with E-state index in [1.54, 1.807) is 0 Å². The van der Waals surface area contributed by atoms with E-state index in [2.05, 4.69) is 13.8 Å². The van der Waals surface area contributed by atoms with Gasteiger partial charge in [-0.25, -0.2) is 0 Å². The molecule has 0 heterocycles. The third-order valence-electron chi connectivity index (χ3n) is 2.21. The molecule has 0 aromatic heterocycles. The molecule has 0 radical (unpaired) electrons. The highest BCUT2D eigenvalue weighted by Crippen LogP contribution is 2.12. The Kier molecular flexibility index (Phi) is 4.98. The van der Waals surface area contributed by atoms with Crippen LogP contribution in [0.25, 0.3) is 0 Å². The largest absolute Gasteiger partial charge is 0.491 e. The average molecular weight is 209 g/mol. The lowest BCUT2D eigenvalue weighted by molar-refractivity contribution is 0.0427. The maximum Gasteiger partial charge on any atom is 0.119 e. The van der Waals surface area contributed by atoms with Crippen molar-refractivity contribution in [1.29, 1.82) is 0 Å². The third-order valence-corrected chi connectivity index (χ3v) is 2.21. The number of anilines is 1. The van der Waals surface area contributed by atoms with E-state index in [1.807, 2.05) is 24.3 Å². The van der Waals surface area contributed by atoms with Crippen molar-refractivity contribution in [3.05, 3.63) is 24.3 Å². The fourth-order valence-electron chi connectivity index (χ4n) is 1.09. The highest BCUT2D eigenvalue weighted by molar-refractivity contribution is 5.41. The molecule has 2 N–H and O–H groups in total. The monoisotopic (exact) mass is 209 g/mol. The zero-order chi connectivity index (χ0) is 11.1. The molecule has 0 aliphatic carbocycles. The summed E-state index contributed by atoms with van der Waals surface area (Å²) in [6.07, 6.45) is 1.34. The second-order valence-electron chi connectivity index (χ2n) is 3.51. The van der Waals surface area contributed by atoms with Gasteiger partial charge in [0, 0.05) is 5.69 Å². The minimum atomic E-state index is 0.306. The molecule has 0 spiro atoms.